The summed E-state index contributed by atoms with van der Waals surface area (Å²) in [5.41, 5.74) is -2.10. The Bertz CT molecular complexity index is 1730. The molecule has 9 heteroatoms. The van der Waals surface area contributed by atoms with Gasteiger partial charge < -0.3 is 14.9 Å². The zero-order valence-electron chi connectivity index (χ0n) is 27.2. The number of hydrogen-bond donors (Lipinski definition) is 2. The molecule has 1 saturated heterocycles. The molecule has 248 valence electrons. The lowest BCUT2D eigenvalue weighted by molar-refractivity contribution is -0.174. The van der Waals surface area contributed by atoms with Crippen LogP contribution in [0.25, 0.3) is 10.1 Å². The highest BCUT2D eigenvalue weighted by Gasteiger charge is 2.74. The Balaban J connectivity index is 1.23. The van der Waals surface area contributed by atoms with Gasteiger partial charge in [-0.15, -0.1) is 11.3 Å². The molecule has 7 nitrogen and oxygen atoms in total. The van der Waals surface area contributed by atoms with E-state index in [0.717, 1.165) is 59.1 Å². The minimum Gasteiger partial charge on any atom is -0.393 e. The zero-order valence-corrected chi connectivity index (χ0v) is 28.8. The summed E-state index contributed by atoms with van der Waals surface area (Å²) in [5, 5.41) is 24.8. The maximum atomic E-state index is 14.9. The second-order valence-electron chi connectivity index (χ2n) is 16.0. The summed E-state index contributed by atoms with van der Waals surface area (Å²) in [6.07, 6.45) is 14.4. The molecule has 1 aliphatic heterocycles. The highest BCUT2D eigenvalue weighted by Crippen LogP contribution is 2.78. The number of ketones is 1. The molecule has 2 bridgehead atoms. The number of Topliss-reactive ketones (excluding diaryl/α,β-unsaturated/α-hetero) is 1. The Kier molecular flexibility index (Phi) is 7.04. The summed E-state index contributed by atoms with van der Waals surface area (Å²) in [6.45, 7) is 5.49. The summed E-state index contributed by atoms with van der Waals surface area (Å²) in [6, 6.07) is 10.1. The minimum absolute atomic E-state index is 0.0318. The van der Waals surface area contributed by atoms with Crippen LogP contribution in [-0.2, 0) is 14.8 Å². The number of allylic oxidation sites excluding steroid dienone is 4. The normalized spacial score (nSPS) is 43.0. The van der Waals surface area contributed by atoms with E-state index in [4.69, 9.17) is 4.74 Å². The summed E-state index contributed by atoms with van der Waals surface area (Å²) in [5.74, 6) is 0.220. The number of thiophene rings is 1. The molecule has 7 aliphatic rings. The molecule has 3 saturated carbocycles. The van der Waals surface area contributed by atoms with Crippen LogP contribution < -0.4 is 0 Å². The number of carbonyl (C=O) groups is 1. The van der Waals surface area contributed by atoms with Gasteiger partial charge in [0.15, 0.2) is 5.78 Å². The van der Waals surface area contributed by atoms with Gasteiger partial charge in [-0.25, -0.2) is 8.42 Å². The standard InChI is InChI=1S/C37H47NO6S2/c1-33-13-10-25(39)20-35(33)16-17-37(27(21-35)32(40)29-19-24-7-4-5-9-28(24)45-29)30(33)11-14-34(2)31(37)12-15-36(34,41)23-38(46(3,42)43)22-26-8-6-18-44-26/h4-5,7,9,16-17,19,21,25-26,30-31,39,41H,6,8,10-15,18,20,22-23H2,1-3H3/t25?,26-,30-,31-,33-,34+,35+,36-,37-/m1/s1. The Labute approximate surface area is 276 Å². The summed E-state index contributed by atoms with van der Waals surface area (Å²) >= 11 is 1.54. The molecule has 0 amide bonds. The molecular formula is C37H47NO6S2. The number of benzene rings is 1. The third-order valence-electron chi connectivity index (χ3n) is 13.9. The van der Waals surface area contributed by atoms with Crippen molar-refractivity contribution in [2.24, 2.45) is 33.5 Å². The van der Waals surface area contributed by atoms with Crippen molar-refractivity contribution in [3.63, 3.8) is 0 Å². The molecular weight excluding hydrogens is 619 g/mol. The van der Waals surface area contributed by atoms with Crippen molar-refractivity contribution < 1.29 is 28.2 Å². The molecule has 6 aliphatic carbocycles. The van der Waals surface area contributed by atoms with Gasteiger partial charge in [-0.2, -0.15) is 4.31 Å². The first-order valence-electron chi connectivity index (χ1n) is 17.2. The molecule has 0 radical (unpaired) electrons. The summed E-state index contributed by atoms with van der Waals surface area (Å²) in [4.78, 5) is 15.6. The highest BCUT2D eigenvalue weighted by molar-refractivity contribution is 7.88. The van der Waals surface area contributed by atoms with Crippen molar-refractivity contribution in [3.8, 4) is 0 Å². The van der Waals surface area contributed by atoms with Crippen molar-refractivity contribution >= 4 is 37.2 Å². The SMILES string of the molecule is C[C@]12CC[C@H]3[C@]4(C=C[C@@]5(C=C4C(=O)c4cc6ccccc6s4)CC(O)CC[C@]35C)[C@@H]1CC[C@@]2(O)CN(C[C@H]1CCCO1)S(C)(=O)=O. The fourth-order valence-electron chi connectivity index (χ4n) is 11.4. The van der Waals surface area contributed by atoms with Gasteiger partial charge in [0, 0.05) is 46.2 Å². The number of hydrogen-bond acceptors (Lipinski definition) is 7. The van der Waals surface area contributed by atoms with E-state index in [2.05, 4.69) is 44.2 Å². The number of rotatable bonds is 7. The van der Waals surface area contributed by atoms with Crippen molar-refractivity contribution in [3.05, 3.63) is 59.0 Å². The number of aliphatic hydroxyl groups excluding tert-OH is 1. The number of fused-ring (bicyclic) bond motifs is 2. The van der Waals surface area contributed by atoms with Crippen molar-refractivity contribution in [1.29, 1.82) is 0 Å². The van der Waals surface area contributed by atoms with Crippen LogP contribution in [0, 0.1) is 33.5 Å². The predicted molar refractivity (Wildman–Crippen MR) is 180 cm³/mol. The van der Waals surface area contributed by atoms with Crippen LogP contribution >= 0.6 is 11.3 Å². The first-order valence-corrected chi connectivity index (χ1v) is 19.9. The molecule has 2 aromatic rings. The van der Waals surface area contributed by atoms with Crippen molar-refractivity contribution in [2.75, 3.05) is 26.0 Å². The number of carbonyl (C=O) groups excluding carboxylic acids is 1. The van der Waals surface area contributed by atoms with Gasteiger partial charge in [0.1, 0.15) is 0 Å². The second-order valence-corrected chi connectivity index (χ2v) is 19.0. The Morgan fingerprint density at radius 2 is 1.78 bits per heavy atom. The molecule has 2 N–H and O–H groups in total. The van der Waals surface area contributed by atoms with Crippen molar-refractivity contribution in [1.82, 2.24) is 4.31 Å². The number of sulfonamides is 1. The highest BCUT2D eigenvalue weighted by atomic mass is 32.2. The van der Waals surface area contributed by atoms with Gasteiger partial charge in [-0.05, 0) is 92.6 Å². The van der Waals surface area contributed by atoms with Gasteiger partial charge in [0.2, 0.25) is 10.0 Å². The van der Waals surface area contributed by atoms with Gasteiger partial charge in [0.05, 0.1) is 28.9 Å². The van der Waals surface area contributed by atoms with Crippen LogP contribution in [0.3, 0.4) is 0 Å². The minimum atomic E-state index is -3.59. The van der Waals surface area contributed by atoms with E-state index in [1.807, 2.05) is 18.2 Å². The maximum Gasteiger partial charge on any atom is 0.211 e. The van der Waals surface area contributed by atoms with Gasteiger partial charge >= 0.3 is 0 Å². The maximum absolute atomic E-state index is 14.9. The van der Waals surface area contributed by atoms with Crippen LogP contribution in [0.15, 0.2) is 54.1 Å². The molecule has 1 unspecified atom stereocenters. The lowest BCUT2D eigenvalue weighted by atomic mass is 9.32. The predicted octanol–water partition coefficient (Wildman–Crippen LogP) is 6.12. The Hall–Kier alpha value is -1.88. The van der Waals surface area contributed by atoms with Gasteiger partial charge in [-0.3, -0.25) is 4.79 Å². The zero-order chi connectivity index (χ0) is 32.3. The molecule has 46 heavy (non-hydrogen) atoms. The van der Waals surface area contributed by atoms with E-state index in [1.165, 1.54) is 10.6 Å². The largest absolute Gasteiger partial charge is 0.393 e. The molecule has 9 rings (SSSR count). The number of ether oxygens (including phenoxy) is 1. The van der Waals surface area contributed by atoms with Gasteiger partial charge in [0.25, 0.3) is 0 Å². The van der Waals surface area contributed by atoms with Gasteiger partial charge in [-0.1, -0.05) is 50.3 Å². The average molecular weight is 666 g/mol. The fraction of sp³-hybridized carbons (Fsp3) is 0.649. The van der Waals surface area contributed by atoms with E-state index in [0.29, 0.717) is 25.9 Å². The first-order chi connectivity index (χ1) is 21.7. The number of nitrogens with zero attached hydrogens (tertiary/aromatic N) is 1. The quantitative estimate of drug-likeness (QED) is 0.273. The first kappa shape index (κ1) is 31.4. The molecule has 1 aromatic heterocycles. The molecule has 9 atom stereocenters. The molecule has 1 aromatic carbocycles. The van der Waals surface area contributed by atoms with E-state index in [1.54, 1.807) is 11.3 Å². The molecule has 2 spiro atoms. The lowest BCUT2D eigenvalue weighted by Gasteiger charge is -2.71. The van der Waals surface area contributed by atoms with E-state index in [-0.39, 0.29) is 42.2 Å². The second kappa shape index (κ2) is 10.3. The van der Waals surface area contributed by atoms with Crippen LogP contribution in [0.1, 0.15) is 81.3 Å². The van der Waals surface area contributed by atoms with Crippen LogP contribution in [-0.4, -0.2) is 72.5 Å². The molecule has 2 heterocycles. The monoisotopic (exact) mass is 665 g/mol. The van der Waals surface area contributed by atoms with Crippen LogP contribution in [0.2, 0.25) is 0 Å². The van der Waals surface area contributed by atoms with Crippen LogP contribution in [0.4, 0.5) is 0 Å². The number of aliphatic hydroxyl groups is 2. The summed E-state index contributed by atoms with van der Waals surface area (Å²) in [7, 11) is -3.59. The van der Waals surface area contributed by atoms with E-state index in [9.17, 15) is 23.4 Å². The average Bonchev–Trinajstić information content (AvgIpc) is 3.74. The van der Waals surface area contributed by atoms with Crippen molar-refractivity contribution in [2.45, 2.75) is 89.4 Å². The Morgan fingerprint density at radius 1 is 1.04 bits per heavy atom. The van der Waals surface area contributed by atoms with Crippen LogP contribution in [0.5, 0.6) is 0 Å². The summed E-state index contributed by atoms with van der Waals surface area (Å²) < 4.78 is 34.7. The van der Waals surface area contributed by atoms with E-state index >= 15 is 0 Å². The smallest absolute Gasteiger partial charge is 0.211 e. The third-order valence-corrected chi connectivity index (χ3v) is 16.3. The van der Waals surface area contributed by atoms with E-state index < -0.39 is 38.0 Å². The third kappa shape index (κ3) is 4.21. The Morgan fingerprint density at radius 3 is 2.52 bits per heavy atom. The topological polar surface area (TPSA) is 104 Å². The fourth-order valence-corrected chi connectivity index (χ4v) is 13.4. The molecule has 4 fully saturated rings. The lowest BCUT2D eigenvalue weighted by Crippen LogP contribution is -2.67.